The number of morpholine rings is 1. The fraction of sp³-hybridized carbons (Fsp3) is 0.545. The lowest BCUT2D eigenvalue weighted by atomic mass is 10.2. The van der Waals surface area contributed by atoms with Crippen molar-refractivity contribution in [3.8, 4) is 0 Å². The van der Waals surface area contributed by atoms with Crippen LogP contribution in [0.4, 0.5) is 10.8 Å². The molecule has 0 aliphatic carbocycles. The topological polar surface area (TPSA) is 124 Å². The number of carbonyl (C=O) groups excluding carboxylic acids is 2. The first-order valence-corrected chi connectivity index (χ1v) is 6.96. The van der Waals surface area contributed by atoms with Crippen molar-refractivity contribution in [2.45, 2.75) is 13.0 Å². The third-order valence-electron chi connectivity index (χ3n) is 3.01. The number of rotatable bonds is 4. The van der Waals surface area contributed by atoms with E-state index < -0.39 is 11.9 Å². The molecule has 0 aromatic carbocycles. The van der Waals surface area contributed by atoms with E-state index in [0.29, 0.717) is 31.3 Å². The van der Waals surface area contributed by atoms with Crippen LogP contribution in [0.25, 0.3) is 0 Å². The second kappa shape index (κ2) is 6.06. The van der Waals surface area contributed by atoms with Crippen LogP contribution in [0.1, 0.15) is 17.3 Å². The minimum Gasteiger partial charge on any atom is -0.382 e. The Kier molecular flexibility index (Phi) is 4.40. The van der Waals surface area contributed by atoms with E-state index in [1.807, 2.05) is 0 Å². The van der Waals surface area contributed by atoms with Gasteiger partial charge in [-0.05, 0) is 18.5 Å². The van der Waals surface area contributed by atoms with Crippen LogP contribution in [0.15, 0.2) is 0 Å². The first-order valence-electron chi connectivity index (χ1n) is 6.18. The first kappa shape index (κ1) is 14.5. The van der Waals surface area contributed by atoms with E-state index in [0.717, 1.165) is 11.5 Å². The van der Waals surface area contributed by atoms with Crippen molar-refractivity contribution in [3.05, 3.63) is 5.56 Å². The second-order valence-electron chi connectivity index (χ2n) is 4.44. The predicted octanol–water partition coefficient (Wildman–Crippen LogP) is -0.517. The zero-order valence-corrected chi connectivity index (χ0v) is 11.9. The molecule has 0 bridgehead atoms. The number of nitrogens with one attached hydrogen (secondary N) is 1. The summed E-state index contributed by atoms with van der Waals surface area (Å²) < 4.78 is 9.08. The summed E-state index contributed by atoms with van der Waals surface area (Å²) >= 11 is 1.01. The molecule has 0 spiro atoms. The number of nitrogens with zero attached hydrogens (tertiary/aromatic N) is 2. The first-order chi connectivity index (χ1) is 9.50. The maximum atomic E-state index is 12.2. The highest BCUT2D eigenvalue weighted by Crippen LogP contribution is 2.27. The Bertz CT molecular complexity index is 512. The van der Waals surface area contributed by atoms with Crippen LogP contribution in [-0.4, -0.2) is 53.4 Å². The number of hydrogen-bond donors (Lipinski definition) is 3. The van der Waals surface area contributed by atoms with Crippen molar-refractivity contribution in [1.82, 2.24) is 9.27 Å². The van der Waals surface area contributed by atoms with Crippen LogP contribution >= 0.6 is 11.5 Å². The van der Waals surface area contributed by atoms with Crippen LogP contribution < -0.4 is 16.8 Å². The Morgan fingerprint density at radius 2 is 2.10 bits per heavy atom. The summed E-state index contributed by atoms with van der Waals surface area (Å²) in [6, 6.07) is -0.494. The van der Waals surface area contributed by atoms with Crippen LogP contribution in [-0.2, 0) is 9.53 Å². The van der Waals surface area contributed by atoms with Crippen LogP contribution in [0, 0.1) is 0 Å². The van der Waals surface area contributed by atoms with Gasteiger partial charge in [0, 0.05) is 13.1 Å². The Morgan fingerprint density at radius 3 is 2.70 bits per heavy atom. The number of anilines is 2. The molecule has 1 aliphatic rings. The molecule has 2 heterocycles. The van der Waals surface area contributed by atoms with Crippen molar-refractivity contribution < 1.29 is 14.3 Å². The number of nitrogen functional groups attached to an aromatic ring is 1. The molecule has 1 saturated heterocycles. The SMILES string of the molecule is CC(Nc1snc(N)c1C(N)=O)C(=O)N1CCOCC1. The summed E-state index contributed by atoms with van der Waals surface area (Å²) in [4.78, 5) is 25.3. The zero-order chi connectivity index (χ0) is 14.7. The number of hydrogen-bond acceptors (Lipinski definition) is 7. The molecule has 5 N–H and O–H groups in total. The molecule has 1 atom stereocenters. The smallest absolute Gasteiger partial charge is 0.255 e. The van der Waals surface area contributed by atoms with Crippen molar-refractivity contribution >= 4 is 34.2 Å². The third kappa shape index (κ3) is 2.99. The summed E-state index contributed by atoms with van der Waals surface area (Å²) in [6.07, 6.45) is 0. The van der Waals surface area contributed by atoms with Gasteiger partial charge in [-0.15, -0.1) is 0 Å². The maximum Gasteiger partial charge on any atom is 0.255 e. The number of amides is 2. The summed E-state index contributed by atoms with van der Waals surface area (Å²) in [5.41, 5.74) is 11.0. The largest absolute Gasteiger partial charge is 0.382 e. The predicted molar refractivity (Wildman–Crippen MR) is 75.5 cm³/mol. The van der Waals surface area contributed by atoms with Crippen LogP contribution in [0.3, 0.4) is 0 Å². The normalized spacial score (nSPS) is 16.8. The Labute approximate surface area is 120 Å². The molecule has 9 heteroatoms. The number of carbonyl (C=O) groups is 2. The summed E-state index contributed by atoms with van der Waals surface area (Å²) in [7, 11) is 0. The molecule has 20 heavy (non-hydrogen) atoms. The summed E-state index contributed by atoms with van der Waals surface area (Å²) in [6.45, 7) is 3.94. The number of primary amides is 1. The van der Waals surface area contributed by atoms with Crippen LogP contribution in [0.2, 0.25) is 0 Å². The zero-order valence-electron chi connectivity index (χ0n) is 11.1. The van der Waals surface area contributed by atoms with Gasteiger partial charge in [-0.3, -0.25) is 9.59 Å². The lowest BCUT2D eigenvalue weighted by Crippen LogP contribution is -2.47. The standard InChI is InChI=1S/C11H17N5O3S/c1-6(11(18)16-2-4-19-5-3-16)14-10-7(9(13)17)8(12)15-20-10/h6,14H,2-5H2,1H3,(H2,12,15)(H2,13,17). The third-order valence-corrected chi connectivity index (χ3v) is 3.80. The summed E-state index contributed by atoms with van der Waals surface area (Å²) in [5.74, 6) is -0.642. The molecule has 2 amide bonds. The number of nitrogens with two attached hydrogens (primary N) is 2. The number of aromatic nitrogens is 1. The molecule has 1 fully saturated rings. The molecule has 1 aromatic heterocycles. The molecule has 0 saturated carbocycles. The molecule has 110 valence electrons. The highest BCUT2D eigenvalue weighted by molar-refractivity contribution is 7.11. The van der Waals surface area contributed by atoms with Gasteiger partial charge in [0.25, 0.3) is 5.91 Å². The molecular formula is C11H17N5O3S. The highest BCUT2D eigenvalue weighted by Gasteiger charge is 2.25. The van der Waals surface area contributed by atoms with Gasteiger partial charge in [0.2, 0.25) is 5.91 Å². The average molecular weight is 299 g/mol. The van der Waals surface area contributed by atoms with Crippen LogP contribution in [0.5, 0.6) is 0 Å². The second-order valence-corrected chi connectivity index (χ2v) is 5.21. The van der Waals surface area contributed by atoms with Gasteiger partial charge in [0.1, 0.15) is 16.6 Å². The molecule has 0 radical (unpaired) electrons. The molecule has 1 aromatic rings. The lowest BCUT2D eigenvalue weighted by molar-refractivity contribution is -0.135. The van der Waals surface area contributed by atoms with E-state index in [2.05, 4.69) is 9.69 Å². The quantitative estimate of drug-likeness (QED) is 0.687. The van der Waals surface area contributed by atoms with Gasteiger partial charge in [-0.2, -0.15) is 4.37 Å². The Hall–Kier alpha value is -1.87. The van der Waals surface area contributed by atoms with E-state index >= 15 is 0 Å². The summed E-state index contributed by atoms with van der Waals surface area (Å²) in [5, 5.41) is 3.37. The highest BCUT2D eigenvalue weighted by atomic mass is 32.1. The van der Waals surface area contributed by atoms with E-state index in [9.17, 15) is 9.59 Å². The van der Waals surface area contributed by atoms with E-state index in [1.165, 1.54) is 0 Å². The van der Waals surface area contributed by atoms with Crippen molar-refractivity contribution in [3.63, 3.8) is 0 Å². The minimum absolute atomic E-state index is 0.0595. The van der Waals surface area contributed by atoms with Gasteiger partial charge in [-0.1, -0.05) is 0 Å². The molecular weight excluding hydrogens is 282 g/mol. The van der Waals surface area contributed by atoms with Gasteiger partial charge in [0.15, 0.2) is 5.82 Å². The van der Waals surface area contributed by atoms with Crippen molar-refractivity contribution in [2.24, 2.45) is 5.73 Å². The van der Waals surface area contributed by atoms with Gasteiger partial charge in [-0.25, -0.2) is 0 Å². The Balaban J connectivity index is 2.05. The van der Waals surface area contributed by atoms with Gasteiger partial charge in [0.05, 0.1) is 13.2 Å². The van der Waals surface area contributed by atoms with E-state index in [1.54, 1.807) is 11.8 Å². The maximum absolute atomic E-state index is 12.2. The minimum atomic E-state index is -0.662. The van der Waals surface area contributed by atoms with Gasteiger partial charge < -0.3 is 26.4 Å². The van der Waals surface area contributed by atoms with Crippen molar-refractivity contribution in [2.75, 3.05) is 37.4 Å². The van der Waals surface area contributed by atoms with Gasteiger partial charge >= 0.3 is 0 Å². The Morgan fingerprint density at radius 1 is 1.45 bits per heavy atom. The monoisotopic (exact) mass is 299 g/mol. The van der Waals surface area contributed by atoms with E-state index in [-0.39, 0.29) is 17.3 Å². The number of ether oxygens (including phenoxy) is 1. The molecule has 2 rings (SSSR count). The molecule has 1 unspecified atom stereocenters. The molecule has 8 nitrogen and oxygen atoms in total. The fourth-order valence-electron chi connectivity index (χ4n) is 1.96. The molecule has 1 aliphatic heterocycles. The fourth-order valence-corrected chi connectivity index (χ4v) is 2.76. The van der Waals surface area contributed by atoms with E-state index in [4.69, 9.17) is 16.2 Å². The lowest BCUT2D eigenvalue weighted by Gasteiger charge is -2.29. The van der Waals surface area contributed by atoms with Crippen molar-refractivity contribution in [1.29, 1.82) is 0 Å². The average Bonchev–Trinajstić information content (AvgIpc) is 2.79.